The molecule has 2 N–H and O–H groups in total. The van der Waals surface area contributed by atoms with Crippen molar-refractivity contribution in [1.82, 2.24) is 0 Å². The van der Waals surface area contributed by atoms with E-state index in [4.69, 9.17) is 10.2 Å². The van der Waals surface area contributed by atoms with Gasteiger partial charge in [-0.2, -0.15) is 0 Å². The molecule has 1 aromatic rings. The van der Waals surface area contributed by atoms with Crippen LogP contribution in [0.2, 0.25) is 0 Å². The molecule has 0 aromatic heterocycles. The van der Waals surface area contributed by atoms with Crippen LogP contribution in [0.15, 0.2) is 24.3 Å². The normalized spacial score (nSPS) is 8.36. The minimum absolute atomic E-state index is 0. The summed E-state index contributed by atoms with van der Waals surface area (Å²) in [5.41, 5.74) is -0.0671. The van der Waals surface area contributed by atoms with Crippen LogP contribution < -0.4 is 0 Å². The second-order valence-corrected chi connectivity index (χ2v) is 1.82. The third kappa shape index (κ3) is 2.34. The zero-order valence-corrected chi connectivity index (χ0v) is 6.98. The fourth-order valence-electron chi connectivity index (χ4n) is 0.654. The molecule has 1 rings (SSSR count). The average Bonchev–Trinajstić information content (AvgIpc) is 1.88. The first kappa shape index (κ1) is 10.2. The van der Waals surface area contributed by atoms with Crippen LogP contribution >= 0.6 is 0 Å². The SMILES string of the molecule is O=C(O)c1ccccc1O.[Pd]. The Hall–Kier alpha value is -0.848. The molecule has 0 saturated heterocycles. The molecule has 62 valence electrons. The molecule has 0 unspecified atom stereocenters. The number of para-hydroxylation sites is 1. The molecule has 11 heavy (non-hydrogen) atoms. The van der Waals surface area contributed by atoms with Crippen LogP contribution in [0.1, 0.15) is 10.4 Å². The number of rotatable bonds is 1. The predicted molar refractivity (Wildman–Crippen MR) is 35.1 cm³/mol. The van der Waals surface area contributed by atoms with E-state index in [9.17, 15) is 4.79 Å². The topological polar surface area (TPSA) is 57.5 Å². The molecule has 0 radical (unpaired) electrons. The number of carboxylic acids is 1. The van der Waals surface area contributed by atoms with E-state index in [1.807, 2.05) is 0 Å². The molecular formula is C7H6O3Pd. The van der Waals surface area contributed by atoms with Gasteiger partial charge in [0.25, 0.3) is 0 Å². The van der Waals surface area contributed by atoms with E-state index >= 15 is 0 Å². The second kappa shape index (κ2) is 4.12. The van der Waals surface area contributed by atoms with Crippen molar-refractivity contribution in [3.63, 3.8) is 0 Å². The fourth-order valence-corrected chi connectivity index (χ4v) is 0.654. The van der Waals surface area contributed by atoms with Crippen molar-refractivity contribution in [3.8, 4) is 5.75 Å². The minimum atomic E-state index is -1.11. The zero-order chi connectivity index (χ0) is 7.56. The van der Waals surface area contributed by atoms with Gasteiger partial charge in [0.1, 0.15) is 11.3 Å². The van der Waals surface area contributed by atoms with E-state index in [0.29, 0.717) is 0 Å². The molecule has 0 heterocycles. The van der Waals surface area contributed by atoms with Gasteiger partial charge in [0, 0.05) is 20.4 Å². The van der Waals surface area contributed by atoms with Crippen molar-refractivity contribution in [3.05, 3.63) is 29.8 Å². The van der Waals surface area contributed by atoms with Gasteiger partial charge in [-0.25, -0.2) is 4.79 Å². The summed E-state index contributed by atoms with van der Waals surface area (Å²) in [6.07, 6.45) is 0. The summed E-state index contributed by atoms with van der Waals surface area (Å²) >= 11 is 0. The summed E-state index contributed by atoms with van der Waals surface area (Å²) < 4.78 is 0. The van der Waals surface area contributed by atoms with E-state index in [2.05, 4.69) is 0 Å². The van der Waals surface area contributed by atoms with Crippen molar-refractivity contribution in [2.24, 2.45) is 0 Å². The Balaban J connectivity index is 0.000001000. The number of aromatic carboxylic acids is 1. The summed E-state index contributed by atoms with van der Waals surface area (Å²) in [6, 6.07) is 5.81. The third-order valence-corrected chi connectivity index (χ3v) is 1.13. The Labute approximate surface area is 77.3 Å². The quantitative estimate of drug-likeness (QED) is 0.727. The van der Waals surface area contributed by atoms with Crippen LogP contribution in [-0.2, 0) is 20.4 Å². The van der Waals surface area contributed by atoms with Gasteiger partial charge in [-0.1, -0.05) is 12.1 Å². The van der Waals surface area contributed by atoms with Crippen molar-refractivity contribution in [1.29, 1.82) is 0 Å². The number of benzene rings is 1. The fraction of sp³-hybridized carbons (Fsp3) is 0. The van der Waals surface area contributed by atoms with Gasteiger partial charge in [0.15, 0.2) is 0 Å². The van der Waals surface area contributed by atoms with Crippen LogP contribution in [-0.4, -0.2) is 16.2 Å². The molecule has 0 atom stereocenters. The Bertz CT molecular complexity index is 260. The smallest absolute Gasteiger partial charge is 0.339 e. The van der Waals surface area contributed by atoms with E-state index in [-0.39, 0.29) is 31.7 Å². The zero-order valence-electron chi connectivity index (χ0n) is 5.43. The van der Waals surface area contributed by atoms with Gasteiger partial charge in [0.2, 0.25) is 0 Å². The Morgan fingerprint density at radius 1 is 1.27 bits per heavy atom. The third-order valence-electron chi connectivity index (χ3n) is 1.13. The summed E-state index contributed by atoms with van der Waals surface area (Å²) in [5.74, 6) is -1.31. The van der Waals surface area contributed by atoms with Crippen LogP contribution in [0, 0.1) is 0 Å². The van der Waals surface area contributed by atoms with Crippen LogP contribution in [0.4, 0.5) is 0 Å². The number of hydrogen-bond acceptors (Lipinski definition) is 2. The van der Waals surface area contributed by atoms with Gasteiger partial charge in [0.05, 0.1) is 0 Å². The monoisotopic (exact) mass is 244 g/mol. The Kier molecular flexibility index (Phi) is 3.80. The molecule has 4 heteroatoms. The van der Waals surface area contributed by atoms with Crippen LogP contribution in [0.3, 0.4) is 0 Å². The molecule has 0 saturated carbocycles. The summed E-state index contributed by atoms with van der Waals surface area (Å²) in [6.45, 7) is 0. The molecule has 0 bridgehead atoms. The van der Waals surface area contributed by atoms with Gasteiger partial charge in [-0.3, -0.25) is 0 Å². The van der Waals surface area contributed by atoms with Gasteiger partial charge < -0.3 is 10.2 Å². The molecule has 0 aliphatic carbocycles. The van der Waals surface area contributed by atoms with Gasteiger partial charge in [-0.05, 0) is 12.1 Å². The average molecular weight is 245 g/mol. The largest absolute Gasteiger partial charge is 0.507 e. The maximum Gasteiger partial charge on any atom is 0.339 e. The molecule has 0 spiro atoms. The first-order valence-corrected chi connectivity index (χ1v) is 2.73. The van der Waals surface area contributed by atoms with Gasteiger partial charge >= 0.3 is 5.97 Å². The van der Waals surface area contributed by atoms with E-state index in [0.717, 1.165) is 0 Å². The molecule has 0 amide bonds. The molecule has 0 aliphatic rings. The standard InChI is InChI=1S/C7H6O3.Pd/c8-6-4-2-1-3-5(6)7(9)10;/h1-4,8H,(H,9,10);. The predicted octanol–water partition coefficient (Wildman–Crippen LogP) is 1.09. The number of carboxylic acid groups (broad SMARTS) is 1. The van der Waals surface area contributed by atoms with Crippen molar-refractivity contribution >= 4 is 5.97 Å². The number of aromatic hydroxyl groups is 1. The first-order chi connectivity index (χ1) is 4.72. The summed E-state index contributed by atoms with van der Waals surface area (Å²) in [5, 5.41) is 17.3. The van der Waals surface area contributed by atoms with Crippen molar-refractivity contribution in [2.75, 3.05) is 0 Å². The first-order valence-electron chi connectivity index (χ1n) is 2.73. The van der Waals surface area contributed by atoms with Crippen LogP contribution in [0.5, 0.6) is 5.75 Å². The Morgan fingerprint density at radius 3 is 2.18 bits per heavy atom. The van der Waals surface area contributed by atoms with E-state index in [1.165, 1.54) is 12.1 Å². The van der Waals surface area contributed by atoms with Gasteiger partial charge in [-0.15, -0.1) is 0 Å². The maximum atomic E-state index is 10.3. The van der Waals surface area contributed by atoms with Crippen LogP contribution in [0.25, 0.3) is 0 Å². The number of phenols is 1. The van der Waals surface area contributed by atoms with Crippen molar-refractivity contribution in [2.45, 2.75) is 0 Å². The molecular weight excluding hydrogens is 238 g/mol. The number of hydrogen-bond donors (Lipinski definition) is 2. The van der Waals surface area contributed by atoms with Crippen molar-refractivity contribution < 1.29 is 35.4 Å². The Morgan fingerprint density at radius 2 is 1.82 bits per heavy atom. The summed E-state index contributed by atoms with van der Waals surface area (Å²) in [4.78, 5) is 10.3. The second-order valence-electron chi connectivity index (χ2n) is 1.82. The minimum Gasteiger partial charge on any atom is -0.507 e. The number of carbonyl (C=O) groups is 1. The maximum absolute atomic E-state index is 10.3. The van der Waals surface area contributed by atoms with E-state index < -0.39 is 5.97 Å². The van der Waals surface area contributed by atoms with E-state index in [1.54, 1.807) is 12.1 Å². The molecule has 0 aliphatic heterocycles. The molecule has 1 aromatic carbocycles. The molecule has 3 nitrogen and oxygen atoms in total. The molecule has 0 fully saturated rings. The summed E-state index contributed by atoms with van der Waals surface area (Å²) in [7, 11) is 0.